The molecule has 2 aromatic rings. The predicted molar refractivity (Wildman–Crippen MR) is 75.0 cm³/mol. The summed E-state index contributed by atoms with van der Waals surface area (Å²) in [6.07, 6.45) is 1.65. The summed E-state index contributed by atoms with van der Waals surface area (Å²) in [7, 11) is 0. The van der Waals surface area contributed by atoms with Crippen LogP contribution in [0, 0.1) is 6.92 Å². The summed E-state index contributed by atoms with van der Waals surface area (Å²) in [4.78, 5) is 28.1. The van der Waals surface area contributed by atoms with Gasteiger partial charge in [-0.25, -0.2) is 0 Å². The molecule has 0 aliphatic rings. The van der Waals surface area contributed by atoms with Gasteiger partial charge in [0.15, 0.2) is 5.16 Å². The van der Waals surface area contributed by atoms with E-state index >= 15 is 0 Å². The molecule has 0 aromatic carbocycles. The van der Waals surface area contributed by atoms with E-state index in [1.165, 1.54) is 10.9 Å². The minimum atomic E-state index is -0.929. The number of carbonyl (C=O) groups is 1. The largest absolute Gasteiger partial charge is 0.481 e. The number of hydrogen-bond acceptors (Lipinski definition) is 5. The van der Waals surface area contributed by atoms with Gasteiger partial charge in [-0.15, -0.1) is 11.3 Å². The fraction of sp³-hybridized carbons (Fsp3) is 0.250. The normalized spacial score (nSPS) is 10.6. The first-order valence-corrected chi connectivity index (χ1v) is 7.32. The minimum absolute atomic E-state index is 0.111. The molecule has 0 radical (unpaired) electrons. The summed E-state index contributed by atoms with van der Waals surface area (Å²) in [6.45, 7) is 2.62. The second kappa shape index (κ2) is 6.03. The molecule has 1 N–H and O–H groups in total. The van der Waals surface area contributed by atoms with Crippen LogP contribution in [0.4, 0.5) is 0 Å². The van der Waals surface area contributed by atoms with Gasteiger partial charge in [0.2, 0.25) is 0 Å². The lowest BCUT2D eigenvalue weighted by Crippen LogP contribution is -2.14. The van der Waals surface area contributed by atoms with Crippen molar-refractivity contribution in [2.24, 2.45) is 0 Å². The lowest BCUT2D eigenvalue weighted by Gasteiger charge is -2.09. The molecule has 0 aliphatic heterocycles. The fourth-order valence-electron chi connectivity index (χ4n) is 1.51. The van der Waals surface area contributed by atoms with Crippen molar-refractivity contribution in [2.75, 3.05) is 5.75 Å². The molecule has 0 saturated carbocycles. The molecule has 0 unspecified atom stereocenters. The maximum atomic E-state index is 11.3. The van der Waals surface area contributed by atoms with Crippen LogP contribution in [-0.4, -0.2) is 26.4 Å². The smallest absolute Gasteiger partial charge is 0.313 e. The van der Waals surface area contributed by atoms with Crippen molar-refractivity contribution in [3.8, 4) is 0 Å². The van der Waals surface area contributed by atoms with Crippen molar-refractivity contribution in [3.05, 3.63) is 44.5 Å². The number of thioether (sulfide) groups is 1. The Morgan fingerprint density at radius 3 is 2.89 bits per heavy atom. The number of thiophene rings is 1. The molecular weight excluding hydrogens is 284 g/mol. The molecule has 100 valence electrons. The Kier molecular flexibility index (Phi) is 4.39. The molecule has 0 atom stereocenters. The van der Waals surface area contributed by atoms with E-state index in [2.05, 4.69) is 4.98 Å². The zero-order valence-electron chi connectivity index (χ0n) is 10.2. The molecule has 5 nitrogen and oxygen atoms in total. The third-order valence-electron chi connectivity index (χ3n) is 2.30. The number of aliphatic carboxylic acids is 1. The van der Waals surface area contributed by atoms with Crippen molar-refractivity contribution in [2.45, 2.75) is 18.6 Å². The third-order valence-corrected chi connectivity index (χ3v) is 4.26. The molecular formula is C12H12N2O3S2. The number of nitrogens with zero attached hydrogens (tertiary/aromatic N) is 2. The van der Waals surface area contributed by atoms with Gasteiger partial charge < -0.3 is 9.67 Å². The molecule has 2 rings (SSSR count). The predicted octanol–water partition coefficient (Wildman–Crippen LogP) is 1.84. The summed E-state index contributed by atoms with van der Waals surface area (Å²) in [6, 6.07) is 5.43. The number of hydrogen-bond donors (Lipinski definition) is 1. The van der Waals surface area contributed by atoms with Crippen LogP contribution in [0.2, 0.25) is 0 Å². The highest BCUT2D eigenvalue weighted by molar-refractivity contribution is 7.99. The van der Waals surface area contributed by atoms with E-state index in [0.29, 0.717) is 11.7 Å². The summed E-state index contributed by atoms with van der Waals surface area (Å²) in [5.74, 6) is -1.04. The van der Waals surface area contributed by atoms with E-state index in [4.69, 9.17) is 5.11 Å². The number of rotatable bonds is 5. The van der Waals surface area contributed by atoms with Crippen LogP contribution in [0.25, 0.3) is 0 Å². The standard InChI is InChI=1S/C12H12N2O3S2/c1-8-2-3-9(19-8)6-14-5-4-10(15)13-12(14)18-7-11(16)17/h2-5H,6-7H2,1H3,(H,16,17). The number of carboxylic acids is 1. The topological polar surface area (TPSA) is 72.2 Å². The van der Waals surface area contributed by atoms with Crippen molar-refractivity contribution in [1.82, 2.24) is 9.55 Å². The molecule has 7 heteroatoms. The Bertz CT molecular complexity index is 648. The lowest BCUT2D eigenvalue weighted by molar-refractivity contribution is -0.133. The van der Waals surface area contributed by atoms with Crippen LogP contribution in [0.5, 0.6) is 0 Å². The van der Waals surface area contributed by atoms with E-state index in [0.717, 1.165) is 16.6 Å². The summed E-state index contributed by atoms with van der Waals surface area (Å²) in [5.41, 5.74) is -0.355. The first kappa shape index (κ1) is 13.8. The van der Waals surface area contributed by atoms with Crippen molar-refractivity contribution in [1.29, 1.82) is 0 Å². The monoisotopic (exact) mass is 296 g/mol. The Hall–Kier alpha value is -1.60. The van der Waals surface area contributed by atoms with Gasteiger partial charge in [0.25, 0.3) is 5.56 Å². The van der Waals surface area contributed by atoms with Gasteiger partial charge in [0, 0.05) is 22.0 Å². The van der Waals surface area contributed by atoms with E-state index < -0.39 is 5.97 Å². The van der Waals surface area contributed by atoms with E-state index in [-0.39, 0.29) is 11.3 Å². The maximum Gasteiger partial charge on any atom is 0.313 e. The number of aromatic nitrogens is 2. The van der Waals surface area contributed by atoms with Gasteiger partial charge in [0.05, 0.1) is 12.3 Å². The van der Waals surface area contributed by atoms with Crippen LogP contribution < -0.4 is 5.56 Å². The van der Waals surface area contributed by atoms with E-state index in [9.17, 15) is 9.59 Å². The Morgan fingerprint density at radius 1 is 1.47 bits per heavy atom. The number of carboxylic acid groups (broad SMARTS) is 1. The fourth-order valence-corrected chi connectivity index (χ4v) is 3.10. The van der Waals surface area contributed by atoms with Crippen molar-refractivity contribution < 1.29 is 9.90 Å². The second-order valence-electron chi connectivity index (χ2n) is 3.87. The zero-order valence-corrected chi connectivity index (χ0v) is 11.8. The zero-order chi connectivity index (χ0) is 13.8. The molecule has 0 saturated heterocycles. The quantitative estimate of drug-likeness (QED) is 0.673. The first-order chi connectivity index (χ1) is 9.04. The van der Waals surface area contributed by atoms with Gasteiger partial charge in [-0.05, 0) is 19.1 Å². The molecule has 2 aromatic heterocycles. The molecule has 0 fully saturated rings. The third kappa shape index (κ3) is 3.93. The molecule has 0 bridgehead atoms. The van der Waals surface area contributed by atoms with Gasteiger partial charge in [-0.1, -0.05) is 11.8 Å². The van der Waals surface area contributed by atoms with Crippen LogP contribution in [0.3, 0.4) is 0 Å². The summed E-state index contributed by atoms with van der Waals surface area (Å²) >= 11 is 2.72. The van der Waals surface area contributed by atoms with Gasteiger partial charge in [0.1, 0.15) is 0 Å². The highest BCUT2D eigenvalue weighted by Crippen LogP contribution is 2.19. The molecule has 19 heavy (non-hydrogen) atoms. The van der Waals surface area contributed by atoms with Crippen LogP contribution in [0.15, 0.2) is 34.3 Å². The molecule has 0 amide bonds. The molecule has 0 spiro atoms. The SMILES string of the molecule is Cc1ccc(Cn2ccc(=O)nc2SCC(=O)O)s1. The number of aryl methyl sites for hydroxylation is 1. The van der Waals surface area contributed by atoms with E-state index in [1.807, 2.05) is 19.1 Å². The van der Waals surface area contributed by atoms with E-state index in [1.54, 1.807) is 22.1 Å². The molecule has 2 heterocycles. The highest BCUT2D eigenvalue weighted by Gasteiger charge is 2.08. The van der Waals surface area contributed by atoms with Crippen LogP contribution >= 0.6 is 23.1 Å². The maximum absolute atomic E-state index is 11.3. The van der Waals surface area contributed by atoms with Gasteiger partial charge in [-0.3, -0.25) is 9.59 Å². The average molecular weight is 296 g/mol. The Labute approximate surface area is 117 Å². The molecule has 0 aliphatic carbocycles. The highest BCUT2D eigenvalue weighted by atomic mass is 32.2. The Balaban J connectivity index is 2.23. The Morgan fingerprint density at radius 2 is 2.26 bits per heavy atom. The van der Waals surface area contributed by atoms with Crippen LogP contribution in [0.1, 0.15) is 9.75 Å². The lowest BCUT2D eigenvalue weighted by atomic mass is 10.4. The van der Waals surface area contributed by atoms with Gasteiger partial charge >= 0.3 is 5.97 Å². The second-order valence-corrected chi connectivity index (χ2v) is 6.19. The minimum Gasteiger partial charge on any atom is -0.481 e. The van der Waals surface area contributed by atoms with Gasteiger partial charge in [-0.2, -0.15) is 4.98 Å². The first-order valence-electron chi connectivity index (χ1n) is 5.52. The van der Waals surface area contributed by atoms with Crippen molar-refractivity contribution >= 4 is 29.1 Å². The average Bonchev–Trinajstić information content (AvgIpc) is 2.75. The van der Waals surface area contributed by atoms with Crippen LogP contribution in [-0.2, 0) is 11.3 Å². The summed E-state index contributed by atoms with van der Waals surface area (Å²) < 4.78 is 1.79. The summed E-state index contributed by atoms with van der Waals surface area (Å²) in [5, 5.41) is 9.13. The van der Waals surface area contributed by atoms with Crippen molar-refractivity contribution in [3.63, 3.8) is 0 Å².